The molecular weight excluding hydrogens is 332 g/mol. The second-order valence-electron chi connectivity index (χ2n) is 5.78. The predicted molar refractivity (Wildman–Crippen MR) is 106 cm³/mol. The van der Waals surface area contributed by atoms with E-state index in [1.54, 1.807) is 18.6 Å². The normalized spacial score (nSPS) is 12.0. The molecule has 2 heterocycles. The summed E-state index contributed by atoms with van der Waals surface area (Å²) in [7, 11) is 0. The van der Waals surface area contributed by atoms with Crippen LogP contribution in [0.2, 0.25) is 0 Å². The largest absolute Gasteiger partial charge is 0.481 e. The van der Waals surface area contributed by atoms with Gasteiger partial charge < -0.3 is 25.4 Å². The van der Waals surface area contributed by atoms with Crippen LogP contribution in [0, 0.1) is 11.8 Å². The quantitative estimate of drug-likeness (QED) is 0.617. The molecule has 0 spiro atoms. The van der Waals surface area contributed by atoms with Crippen LogP contribution in [0.4, 0.5) is 0 Å². The zero-order valence-corrected chi connectivity index (χ0v) is 14.2. The summed E-state index contributed by atoms with van der Waals surface area (Å²) < 4.78 is 10.3. The van der Waals surface area contributed by atoms with Gasteiger partial charge in [-0.2, -0.15) is 0 Å². The van der Waals surface area contributed by atoms with Crippen molar-refractivity contribution in [1.29, 1.82) is 0 Å². The van der Waals surface area contributed by atoms with Gasteiger partial charge >= 0.3 is 5.97 Å². The van der Waals surface area contributed by atoms with Gasteiger partial charge in [-0.05, 0) is 49.2 Å². The van der Waals surface area contributed by atoms with Crippen LogP contribution in [0.25, 0.3) is 0 Å². The van der Waals surface area contributed by atoms with Gasteiger partial charge in [-0.25, -0.2) is 0 Å². The zero-order chi connectivity index (χ0) is 17.8. The van der Waals surface area contributed by atoms with Crippen LogP contribution in [-0.2, 0) is 17.6 Å². The fourth-order valence-electron chi connectivity index (χ4n) is 2.31. The van der Waals surface area contributed by atoms with Crippen LogP contribution < -0.4 is 11.5 Å². The Hall–Kier alpha value is -2.05. The van der Waals surface area contributed by atoms with Gasteiger partial charge in [0.05, 0.1) is 12.5 Å². The standard InChI is InChI=1S/C9H13NO3.C9H15NO.2CH4/c10-6-7(5-9(11)12)4-8-2-1-3-13-8;1-2-8(7-10)6-9-4-3-5-11-9;;/h1-3,7H,4-6,10H2,(H,11,12);3-5,8H,2,6-7,10H2,1H3;2*1H4/t7-;8-;;/m10../s1. The van der Waals surface area contributed by atoms with Gasteiger partial charge in [0, 0.05) is 19.3 Å². The van der Waals surface area contributed by atoms with Crippen LogP contribution in [-0.4, -0.2) is 24.2 Å². The van der Waals surface area contributed by atoms with Gasteiger partial charge in [0.1, 0.15) is 11.5 Å². The highest BCUT2D eigenvalue weighted by molar-refractivity contribution is 5.67. The molecule has 2 aromatic heterocycles. The second kappa shape index (κ2) is 15.2. The van der Waals surface area contributed by atoms with Crippen molar-refractivity contribution in [2.24, 2.45) is 23.3 Å². The first kappa shape index (κ1) is 26.2. The summed E-state index contributed by atoms with van der Waals surface area (Å²) in [5.74, 6) is 1.55. The van der Waals surface area contributed by atoms with E-state index in [-0.39, 0.29) is 27.2 Å². The van der Waals surface area contributed by atoms with Crippen molar-refractivity contribution in [3.63, 3.8) is 0 Å². The Morgan fingerprint density at radius 3 is 1.77 bits per heavy atom. The molecule has 0 aliphatic heterocycles. The maximum atomic E-state index is 10.4. The van der Waals surface area contributed by atoms with E-state index in [1.807, 2.05) is 18.2 Å². The number of carbonyl (C=O) groups is 1. The predicted octanol–water partition coefficient (Wildman–Crippen LogP) is 3.95. The van der Waals surface area contributed by atoms with Crippen molar-refractivity contribution in [3.05, 3.63) is 48.3 Å². The molecule has 26 heavy (non-hydrogen) atoms. The number of hydrogen-bond acceptors (Lipinski definition) is 5. The number of carboxylic acids is 1. The van der Waals surface area contributed by atoms with E-state index in [0.29, 0.717) is 18.9 Å². The summed E-state index contributed by atoms with van der Waals surface area (Å²) in [4.78, 5) is 10.4. The van der Waals surface area contributed by atoms with Crippen LogP contribution in [0.3, 0.4) is 0 Å². The molecule has 0 unspecified atom stereocenters. The molecule has 0 bridgehead atoms. The van der Waals surface area contributed by atoms with Crippen LogP contribution in [0.1, 0.15) is 46.1 Å². The monoisotopic (exact) mass is 368 g/mol. The molecule has 0 aliphatic carbocycles. The Bertz CT molecular complexity index is 534. The lowest BCUT2D eigenvalue weighted by atomic mass is 10.0. The van der Waals surface area contributed by atoms with E-state index in [2.05, 4.69) is 6.92 Å². The highest BCUT2D eigenvalue weighted by atomic mass is 16.4. The Balaban J connectivity index is 0. The molecule has 0 aliphatic rings. The fraction of sp³-hybridized carbons (Fsp3) is 0.550. The minimum absolute atomic E-state index is 0. The summed E-state index contributed by atoms with van der Waals surface area (Å²) in [6.45, 7) is 3.27. The smallest absolute Gasteiger partial charge is 0.303 e. The van der Waals surface area contributed by atoms with Gasteiger partial charge in [-0.15, -0.1) is 0 Å². The van der Waals surface area contributed by atoms with Gasteiger partial charge in [0.2, 0.25) is 0 Å². The molecule has 6 nitrogen and oxygen atoms in total. The van der Waals surface area contributed by atoms with Crippen LogP contribution in [0.15, 0.2) is 45.6 Å². The molecule has 0 radical (unpaired) electrons. The molecule has 0 saturated carbocycles. The summed E-state index contributed by atoms with van der Waals surface area (Å²) in [5.41, 5.74) is 11.0. The first-order valence-corrected chi connectivity index (χ1v) is 8.25. The van der Waals surface area contributed by atoms with Gasteiger partial charge in [0.25, 0.3) is 0 Å². The second-order valence-corrected chi connectivity index (χ2v) is 5.78. The van der Waals surface area contributed by atoms with Crippen LogP contribution >= 0.6 is 0 Å². The van der Waals surface area contributed by atoms with Crippen molar-refractivity contribution in [3.8, 4) is 0 Å². The molecular formula is C20H36N2O4. The molecule has 0 amide bonds. The van der Waals surface area contributed by atoms with Gasteiger partial charge in [0.15, 0.2) is 0 Å². The Kier molecular flexibility index (Phi) is 15.3. The van der Waals surface area contributed by atoms with E-state index in [9.17, 15) is 4.79 Å². The number of nitrogens with two attached hydrogens (primary N) is 2. The van der Waals surface area contributed by atoms with Crippen molar-refractivity contribution < 1.29 is 18.7 Å². The third kappa shape index (κ3) is 10.7. The number of hydrogen-bond donors (Lipinski definition) is 3. The van der Waals surface area contributed by atoms with Crippen molar-refractivity contribution in [2.45, 2.75) is 47.5 Å². The van der Waals surface area contributed by atoms with E-state index >= 15 is 0 Å². The topological polar surface area (TPSA) is 116 Å². The Morgan fingerprint density at radius 2 is 1.46 bits per heavy atom. The average Bonchev–Trinajstić information content (AvgIpc) is 3.25. The first-order valence-electron chi connectivity index (χ1n) is 8.25. The van der Waals surface area contributed by atoms with Crippen LogP contribution in [0.5, 0.6) is 0 Å². The zero-order valence-electron chi connectivity index (χ0n) is 14.2. The lowest BCUT2D eigenvalue weighted by Crippen LogP contribution is -2.20. The summed E-state index contributed by atoms with van der Waals surface area (Å²) >= 11 is 0. The Labute approximate surface area is 157 Å². The van der Waals surface area contributed by atoms with E-state index in [1.165, 1.54) is 0 Å². The third-order valence-corrected chi connectivity index (χ3v) is 3.85. The van der Waals surface area contributed by atoms with Crippen molar-refractivity contribution >= 4 is 5.97 Å². The minimum Gasteiger partial charge on any atom is -0.481 e. The summed E-state index contributed by atoms with van der Waals surface area (Å²) in [5, 5.41) is 8.56. The molecule has 6 heteroatoms. The fourth-order valence-corrected chi connectivity index (χ4v) is 2.31. The average molecular weight is 369 g/mol. The minimum atomic E-state index is -0.818. The first-order chi connectivity index (χ1) is 11.6. The highest BCUT2D eigenvalue weighted by Gasteiger charge is 2.13. The molecule has 2 atom stereocenters. The molecule has 0 saturated heterocycles. The highest BCUT2D eigenvalue weighted by Crippen LogP contribution is 2.12. The lowest BCUT2D eigenvalue weighted by molar-refractivity contribution is -0.138. The third-order valence-electron chi connectivity index (χ3n) is 3.85. The number of carboxylic acid groups (broad SMARTS) is 1. The summed E-state index contributed by atoms with van der Waals surface area (Å²) in [6, 6.07) is 7.52. The van der Waals surface area contributed by atoms with Crippen molar-refractivity contribution in [2.75, 3.05) is 13.1 Å². The molecule has 0 fully saturated rings. The molecule has 5 N–H and O–H groups in total. The van der Waals surface area contributed by atoms with Gasteiger partial charge in [-0.1, -0.05) is 28.2 Å². The maximum Gasteiger partial charge on any atom is 0.303 e. The van der Waals surface area contributed by atoms with E-state index in [4.69, 9.17) is 25.4 Å². The van der Waals surface area contributed by atoms with Gasteiger partial charge in [-0.3, -0.25) is 4.79 Å². The molecule has 2 aromatic rings. The maximum absolute atomic E-state index is 10.4. The molecule has 150 valence electrons. The Morgan fingerprint density at radius 1 is 1.00 bits per heavy atom. The molecule has 0 aromatic carbocycles. The number of furan rings is 2. The van der Waals surface area contributed by atoms with E-state index in [0.717, 1.165) is 30.9 Å². The molecule has 2 rings (SSSR count). The SMILES string of the molecule is C.C.CC[C@H](CN)Cc1ccco1.NC[C@@H](CC(=O)O)Cc1ccco1. The summed E-state index contributed by atoms with van der Waals surface area (Å²) in [6.07, 6.45) is 6.06. The van der Waals surface area contributed by atoms with Crippen molar-refractivity contribution in [1.82, 2.24) is 0 Å². The van der Waals surface area contributed by atoms with E-state index < -0.39 is 5.97 Å². The number of rotatable bonds is 9. The lowest BCUT2D eigenvalue weighted by Gasteiger charge is -2.09. The number of aliphatic carboxylic acids is 1.